The zero-order valence-electron chi connectivity index (χ0n) is 21.3. The van der Waals surface area contributed by atoms with Gasteiger partial charge in [0.1, 0.15) is 6.07 Å². The summed E-state index contributed by atoms with van der Waals surface area (Å²) >= 11 is 12.8. The Labute approximate surface area is 226 Å². The van der Waals surface area contributed by atoms with Crippen LogP contribution in [0, 0.1) is 16.7 Å². The third kappa shape index (κ3) is 5.95. The molecule has 2 heterocycles. The maximum absolute atomic E-state index is 13.0. The Balaban J connectivity index is 2.06. The van der Waals surface area contributed by atoms with Gasteiger partial charge in [-0.25, -0.2) is 4.79 Å². The molecule has 14 heteroatoms. The highest BCUT2D eigenvalue weighted by atomic mass is 35.5. The molecule has 1 unspecified atom stereocenters. The molecule has 0 spiro atoms. The van der Waals surface area contributed by atoms with Crippen LogP contribution in [0.4, 0.5) is 0 Å². The Bertz CT molecular complexity index is 1600. The highest BCUT2D eigenvalue weighted by molar-refractivity contribution is 6.37. The second-order valence-corrected chi connectivity index (χ2v) is 10.4. The monoisotopic (exact) mass is 562 g/mol. The number of hydrogen-bond donors (Lipinski definition) is 1. The average molecular weight is 563 g/mol. The minimum atomic E-state index is -1.05. The number of aromatic amines is 1. The third-order valence-electron chi connectivity index (χ3n) is 5.16. The van der Waals surface area contributed by atoms with Crippen LogP contribution < -0.4 is 21.5 Å². The van der Waals surface area contributed by atoms with Gasteiger partial charge in [-0.15, -0.1) is 10.2 Å². The molecule has 38 heavy (non-hydrogen) atoms. The molecule has 200 valence electrons. The molecule has 1 aromatic carbocycles. The van der Waals surface area contributed by atoms with Crippen LogP contribution in [0.5, 0.6) is 11.6 Å². The molecule has 0 saturated carbocycles. The van der Waals surface area contributed by atoms with E-state index in [0.717, 1.165) is 9.36 Å². The molecule has 3 rings (SSSR count). The highest BCUT2D eigenvalue weighted by Crippen LogP contribution is 2.38. The minimum Gasteiger partial charge on any atom is -0.439 e. The van der Waals surface area contributed by atoms with E-state index in [1.807, 2.05) is 4.98 Å². The molecule has 1 atom stereocenters. The van der Waals surface area contributed by atoms with Crippen molar-refractivity contribution < 1.29 is 14.3 Å². The zero-order chi connectivity index (χ0) is 28.5. The third-order valence-corrected chi connectivity index (χ3v) is 5.73. The normalized spacial score (nSPS) is 12.2. The van der Waals surface area contributed by atoms with Crippen LogP contribution in [0.2, 0.25) is 10.0 Å². The van der Waals surface area contributed by atoms with Gasteiger partial charge >= 0.3 is 11.7 Å². The number of carbonyl (C=O) groups is 1. The van der Waals surface area contributed by atoms with Crippen molar-refractivity contribution in [3.05, 3.63) is 70.7 Å². The largest absolute Gasteiger partial charge is 0.439 e. The van der Waals surface area contributed by atoms with Crippen molar-refractivity contribution in [1.29, 1.82) is 5.26 Å². The lowest BCUT2D eigenvalue weighted by molar-refractivity contribution is -0.163. The number of ether oxygens (including phenoxy) is 2. The number of hydrogen-bond acceptors (Lipinski definition) is 9. The molecule has 12 nitrogen and oxygen atoms in total. The summed E-state index contributed by atoms with van der Waals surface area (Å²) in [5, 5.41) is 16.8. The highest BCUT2D eigenvalue weighted by Gasteiger charge is 2.27. The lowest BCUT2D eigenvalue weighted by Crippen LogP contribution is -2.34. The van der Waals surface area contributed by atoms with Crippen LogP contribution in [0.15, 0.2) is 32.6 Å². The summed E-state index contributed by atoms with van der Waals surface area (Å²) in [6.45, 7) is 10.2. The number of aromatic nitrogens is 5. The van der Waals surface area contributed by atoms with E-state index in [0.29, 0.717) is 5.56 Å². The molecule has 0 aliphatic carbocycles. The summed E-state index contributed by atoms with van der Waals surface area (Å²) in [6, 6.07) is 5.58. The fraction of sp³-hybridized carbons (Fsp3) is 0.375. The maximum atomic E-state index is 13.0. The molecule has 0 aliphatic heterocycles. The quantitative estimate of drug-likeness (QED) is 0.441. The molecule has 0 saturated heterocycles. The lowest BCUT2D eigenvalue weighted by Gasteiger charge is -2.22. The Morgan fingerprint density at radius 3 is 2.21 bits per heavy atom. The van der Waals surface area contributed by atoms with Crippen molar-refractivity contribution >= 4 is 29.2 Å². The second-order valence-electron chi connectivity index (χ2n) is 9.57. The van der Waals surface area contributed by atoms with Gasteiger partial charge in [-0.3, -0.25) is 19.4 Å². The Kier molecular flexibility index (Phi) is 8.14. The van der Waals surface area contributed by atoms with Crippen LogP contribution in [-0.2, 0) is 9.53 Å². The van der Waals surface area contributed by atoms with Crippen molar-refractivity contribution in [2.45, 2.75) is 53.7 Å². The molecule has 0 radical (unpaired) electrons. The van der Waals surface area contributed by atoms with Crippen molar-refractivity contribution in [2.75, 3.05) is 0 Å². The van der Waals surface area contributed by atoms with Crippen LogP contribution in [0.1, 0.15) is 64.9 Å². The number of rotatable bonds is 6. The fourth-order valence-corrected chi connectivity index (χ4v) is 3.67. The van der Waals surface area contributed by atoms with Crippen molar-refractivity contribution in [3.63, 3.8) is 0 Å². The van der Waals surface area contributed by atoms with Crippen LogP contribution in [-0.4, -0.2) is 30.5 Å². The Morgan fingerprint density at radius 1 is 1.08 bits per heavy atom. The van der Waals surface area contributed by atoms with E-state index in [1.54, 1.807) is 40.7 Å². The molecule has 0 bridgehead atoms. The Hall–Kier alpha value is -3.95. The van der Waals surface area contributed by atoms with Gasteiger partial charge in [-0.05, 0) is 45.7 Å². The molecule has 3 aromatic rings. The van der Waals surface area contributed by atoms with Crippen LogP contribution in [0.3, 0.4) is 0 Å². The van der Waals surface area contributed by atoms with E-state index in [2.05, 4.69) is 10.2 Å². The minimum absolute atomic E-state index is 0.0496. The van der Waals surface area contributed by atoms with Crippen LogP contribution in [0.25, 0.3) is 5.69 Å². The van der Waals surface area contributed by atoms with Gasteiger partial charge in [-0.2, -0.15) is 14.6 Å². The Morgan fingerprint density at radius 2 is 1.68 bits per heavy atom. The molecular weight excluding hydrogens is 539 g/mol. The van der Waals surface area contributed by atoms with Crippen molar-refractivity contribution in [3.8, 4) is 23.4 Å². The van der Waals surface area contributed by atoms with Crippen molar-refractivity contribution in [2.24, 2.45) is 5.41 Å². The van der Waals surface area contributed by atoms with E-state index in [1.165, 1.54) is 25.1 Å². The molecular formula is C24H24Cl2N6O6. The summed E-state index contributed by atoms with van der Waals surface area (Å²) in [5.74, 6) is -0.870. The average Bonchev–Trinajstić information content (AvgIpc) is 2.81. The van der Waals surface area contributed by atoms with E-state index in [9.17, 15) is 19.2 Å². The number of nitrogens with zero attached hydrogens (tertiary/aromatic N) is 5. The first kappa shape index (κ1) is 28.6. The first-order chi connectivity index (χ1) is 17.6. The molecule has 0 amide bonds. The van der Waals surface area contributed by atoms with E-state index in [-0.39, 0.29) is 33.3 Å². The number of carbonyl (C=O) groups excluding carboxylic acids is 1. The van der Waals surface area contributed by atoms with Crippen molar-refractivity contribution in [1.82, 2.24) is 24.5 Å². The molecule has 2 aromatic heterocycles. The first-order valence-electron chi connectivity index (χ1n) is 11.3. The van der Waals surface area contributed by atoms with E-state index in [4.69, 9.17) is 37.9 Å². The van der Waals surface area contributed by atoms with E-state index < -0.39 is 40.1 Å². The first-order valence-corrected chi connectivity index (χ1v) is 12.1. The number of H-pyrrole nitrogens is 1. The lowest BCUT2D eigenvalue weighted by atomic mass is 9.97. The number of nitrogens with one attached hydrogen (secondary N) is 1. The summed E-state index contributed by atoms with van der Waals surface area (Å²) in [5.41, 5.74) is -3.26. The van der Waals surface area contributed by atoms with Crippen LogP contribution >= 0.6 is 23.2 Å². The zero-order valence-corrected chi connectivity index (χ0v) is 22.8. The molecule has 1 N–H and O–H groups in total. The smallest absolute Gasteiger partial charge is 0.349 e. The van der Waals surface area contributed by atoms with Gasteiger partial charge in [0.25, 0.3) is 11.1 Å². The molecule has 0 fully saturated rings. The van der Waals surface area contributed by atoms with E-state index >= 15 is 0 Å². The number of halogens is 2. The predicted molar refractivity (Wildman–Crippen MR) is 138 cm³/mol. The van der Waals surface area contributed by atoms with Gasteiger partial charge in [0, 0.05) is 11.6 Å². The van der Waals surface area contributed by atoms with Gasteiger partial charge in [0.15, 0.2) is 12.0 Å². The van der Waals surface area contributed by atoms with Gasteiger partial charge in [0.05, 0.1) is 21.1 Å². The summed E-state index contributed by atoms with van der Waals surface area (Å²) in [6.07, 6.45) is -1.05. The maximum Gasteiger partial charge on any atom is 0.349 e. The fourth-order valence-electron chi connectivity index (χ4n) is 3.12. The molecule has 0 aliphatic rings. The van der Waals surface area contributed by atoms with Gasteiger partial charge in [0.2, 0.25) is 11.6 Å². The van der Waals surface area contributed by atoms with Gasteiger partial charge < -0.3 is 9.47 Å². The number of esters is 1. The topological polar surface area (TPSA) is 162 Å². The predicted octanol–water partition coefficient (Wildman–Crippen LogP) is 3.68. The standard InChI is InChI=1S/C24H24Cl2N6O6/c1-11(2)14-9-18(30-31(21(14)34)12(3)37-22(35)24(4,5)6)38-19-15(25)7-13(8-16(19)26)32-23(36)28-20(33)17(10-27)29-32/h7-9,11-12H,1-6H3,(H,28,33,36). The summed E-state index contributed by atoms with van der Waals surface area (Å²) in [4.78, 5) is 51.3. The van der Waals surface area contributed by atoms with Gasteiger partial charge in [-0.1, -0.05) is 37.0 Å². The SMILES string of the molecule is CC(C)c1cc(Oc2c(Cl)cc(-n3nc(C#N)c(=O)[nH]c3=O)cc2Cl)nn(C(C)OC(=O)C(C)(C)C)c1=O. The summed E-state index contributed by atoms with van der Waals surface area (Å²) in [7, 11) is 0. The number of nitriles is 1. The second kappa shape index (κ2) is 10.8. The number of benzene rings is 1. The summed E-state index contributed by atoms with van der Waals surface area (Å²) < 4.78 is 13.0.